The molecule has 13 heteroatoms. The molecule has 0 spiro atoms. The molecule has 1 heterocycles. The molecule has 0 aliphatic carbocycles. The summed E-state index contributed by atoms with van der Waals surface area (Å²) in [6.45, 7) is 8.26. The summed E-state index contributed by atoms with van der Waals surface area (Å²) in [7, 11) is 1.72. The number of hydrogen-bond acceptors (Lipinski definition) is 4. The highest BCUT2D eigenvalue weighted by atomic mass is 19.4. The van der Waals surface area contributed by atoms with E-state index in [9.17, 15) is 40.7 Å². The third-order valence-electron chi connectivity index (χ3n) is 6.77. The summed E-state index contributed by atoms with van der Waals surface area (Å²) in [6.07, 6.45) is -4.98. The lowest BCUT2D eigenvalue weighted by atomic mass is 9.97. The van der Waals surface area contributed by atoms with Crippen LogP contribution < -0.4 is 16.2 Å². The molecule has 1 unspecified atom stereocenters. The number of benzene rings is 3. The van der Waals surface area contributed by atoms with Gasteiger partial charge in [0.2, 0.25) is 0 Å². The number of pyridine rings is 1. The van der Waals surface area contributed by atoms with Gasteiger partial charge in [0.1, 0.15) is 35.6 Å². The van der Waals surface area contributed by atoms with Gasteiger partial charge in [-0.15, -0.1) is 0 Å². The van der Waals surface area contributed by atoms with Crippen LogP contribution in [0.1, 0.15) is 48.7 Å². The Bertz CT molecular complexity index is 1730. The van der Waals surface area contributed by atoms with Crippen molar-refractivity contribution < 1.29 is 41.0 Å². The molecule has 3 aromatic carbocycles. The molecule has 0 radical (unpaired) electrons. The SMILES string of the molecule is CC.CCC(Nc1cc(F)c(C(=O)NCC(=O)O)c(F)c1)C(F)(F)F.Cc1ccc(-c2c(C)c3cc(F)ccc3n(C)c2=O)cc1. The van der Waals surface area contributed by atoms with Crippen LogP contribution in [0.4, 0.5) is 32.0 Å². The van der Waals surface area contributed by atoms with Crippen molar-refractivity contribution in [2.75, 3.05) is 11.9 Å². The minimum atomic E-state index is -4.61. The Balaban J connectivity index is 0.000000304. The number of nitrogens with one attached hydrogen (secondary N) is 2. The van der Waals surface area contributed by atoms with Crippen molar-refractivity contribution in [2.24, 2.45) is 7.05 Å². The number of aromatic nitrogens is 1. The number of carboxylic acids is 1. The highest BCUT2D eigenvalue weighted by Gasteiger charge is 2.38. The maximum absolute atomic E-state index is 13.8. The van der Waals surface area contributed by atoms with E-state index in [1.54, 1.807) is 23.0 Å². The van der Waals surface area contributed by atoms with Crippen molar-refractivity contribution in [3.8, 4) is 11.1 Å². The minimum absolute atomic E-state index is 0.0598. The van der Waals surface area contributed by atoms with E-state index >= 15 is 0 Å². The molecule has 248 valence electrons. The van der Waals surface area contributed by atoms with E-state index in [0.29, 0.717) is 17.7 Å². The predicted molar refractivity (Wildman–Crippen MR) is 165 cm³/mol. The summed E-state index contributed by atoms with van der Waals surface area (Å²) in [5.41, 5.74) is 2.58. The number of hydrogen-bond donors (Lipinski definition) is 3. The molecular weight excluding hydrogens is 616 g/mol. The number of amides is 1. The van der Waals surface area contributed by atoms with E-state index in [-0.39, 0.29) is 17.8 Å². The molecule has 1 aromatic heterocycles. The van der Waals surface area contributed by atoms with Crippen LogP contribution in [0.3, 0.4) is 0 Å². The number of halogens is 6. The summed E-state index contributed by atoms with van der Waals surface area (Å²) in [5, 5.41) is 12.8. The van der Waals surface area contributed by atoms with Crippen LogP contribution in [0.5, 0.6) is 0 Å². The normalized spacial score (nSPS) is 11.5. The zero-order chi connectivity index (χ0) is 34.9. The largest absolute Gasteiger partial charge is 0.480 e. The van der Waals surface area contributed by atoms with Crippen molar-refractivity contribution in [2.45, 2.75) is 53.3 Å². The molecule has 0 bridgehead atoms. The summed E-state index contributed by atoms with van der Waals surface area (Å²) in [6, 6.07) is 11.4. The predicted octanol–water partition coefficient (Wildman–Crippen LogP) is 7.52. The van der Waals surface area contributed by atoms with Gasteiger partial charge in [-0.3, -0.25) is 14.4 Å². The van der Waals surface area contributed by atoms with E-state index in [2.05, 4.69) is 0 Å². The molecule has 0 aliphatic heterocycles. The zero-order valence-electron chi connectivity index (χ0n) is 26.1. The second-order valence-corrected chi connectivity index (χ2v) is 9.93. The quantitative estimate of drug-likeness (QED) is 0.180. The van der Waals surface area contributed by atoms with E-state index in [0.717, 1.165) is 27.6 Å². The number of fused-ring (bicyclic) bond motifs is 1. The van der Waals surface area contributed by atoms with Crippen LogP contribution in [0.25, 0.3) is 22.0 Å². The fourth-order valence-corrected chi connectivity index (χ4v) is 4.47. The van der Waals surface area contributed by atoms with Gasteiger partial charge in [-0.1, -0.05) is 50.6 Å². The number of carboxylic acid groups (broad SMARTS) is 1. The standard InChI is InChI=1S/C18H16FNO.C13H13F5N2O3.C2H6/c1-11-4-6-13(7-5-11)17-12(2)15-10-14(19)8-9-16(15)20(3)18(17)21;1-2-9(13(16,17)18)20-6-3-7(14)11(8(15)4-6)12(23)19-5-10(21)22;1-2/h4-10H,1-3H3;3-4,9,20H,2,5H2,1H3,(H,19,23)(H,21,22);1-2H3. The van der Waals surface area contributed by atoms with Gasteiger partial charge in [0.25, 0.3) is 11.5 Å². The van der Waals surface area contributed by atoms with Gasteiger partial charge in [0.15, 0.2) is 0 Å². The molecule has 4 rings (SSSR count). The number of aryl methyl sites for hydroxylation is 3. The monoisotopic (exact) mass is 651 g/mol. The number of rotatable bonds is 7. The zero-order valence-corrected chi connectivity index (χ0v) is 26.1. The molecule has 1 atom stereocenters. The molecule has 7 nitrogen and oxygen atoms in total. The first-order valence-electron chi connectivity index (χ1n) is 14.2. The number of carbonyl (C=O) groups is 2. The Morgan fingerprint density at radius 1 is 0.935 bits per heavy atom. The van der Waals surface area contributed by atoms with Gasteiger partial charge in [0, 0.05) is 18.1 Å². The Labute approximate surface area is 261 Å². The fraction of sp³-hybridized carbons (Fsp3) is 0.303. The third kappa shape index (κ3) is 9.11. The molecule has 0 saturated carbocycles. The van der Waals surface area contributed by atoms with Crippen LogP contribution in [-0.4, -0.2) is 40.3 Å². The van der Waals surface area contributed by atoms with Crippen LogP contribution in [0, 0.1) is 31.3 Å². The lowest BCUT2D eigenvalue weighted by Gasteiger charge is -2.21. The number of nitrogens with zero attached hydrogens (tertiary/aromatic N) is 1. The lowest BCUT2D eigenvalue weighted by molar-refractivity contribution is -0.143. The van der Waals surface area contributed by atoms with Crippen molar-refractivity contribution in [1.82, 2.24) is 9.88 Å². The maximum atomic E-state index is 13.8. The van der Waals surface area contributed by atoms with Crippen LogP contribution >= 0.6 is 0 Å². The van der Waals surface area contributed by atoms with Crippen LogP contribution in [0.15, 0.2) is 59.4 Å². The summed E-state index contributed by atoms with van der Waals surface area (Å²) in [5.74, 6) is -5.86. The van der Waals surface area contributed by atoms with Crippen molar-refractivity contribution >= 4 is 28.5 Å². The smallest absolute Gasteiger partial charge is 0.408 e. The summed E-state index contributed by atoms with van der Waals surface area (Å²) < 4.78 is 80.5. The molecule has 0 aliphatic rings. The van der Waals surface area contributed by atoms with Crippen molar-refractivity contribution in [3.63, 3.8) is 0 Å². The van der Waals surface area contributed by atoms with E-state index in [1.807, 2.05) is 57.3 Å². The maximum Gasteiger partial charge on any atom is 0.408 e. The number of carbonyl (C=O) groups excluding carboxylic acids is 1. The second kappa shape index (κ2) is 16.0. The average molecular weight is 652 g/mol. The van der Waals surface area contributed by atoms with E-state index < -0.39 is 53.5 Å². The molecule has 4 aromatic rings. The van der Waals surface area contributed by atoms with Crippen LogP contribution in [-0.2, 0) is 11.8 Å². The molecular formula is C33H35F6N3O4. The number of anilines is 1. The average Bonchev–Trinajstić information content (AvgIpc) is 2.99. The Hall–Kier alpha value is -4.81. The molecule has 0 fully saturated rings. The van der Waals surface area contributed by atoms with Gasteiger partial charge >= 0.3 is 12.1 Å². The van der Waals surface area contributed by atoms with Gasteiger partial charge in [-0.2, -0.15) is 13.2 Å². The molecule has 1 amide bonds. The first-order chi connectivity index (χ1) is 21.5. The first-order valence-corrected chi connectivity index (χ1v) is 14.2. The summed E-state index contributed by atoms with van der Waals surface area (Å²) in [4.78, 5) is 34.4. The van der Waals surface area contributed by atoms with Crippen molar-refractivity contribution in [1.29, 1.82) is 0 Å². The van der Waals surface area contributed by atoms with Crippen LogP contribution in [0.2, 0.25) is 0 Å². The molecule has 3 N–H and O–H groups in total. The molecule has 46 heavy (non-hydrogen) atoms. The molecule has 0 saturated heterocycles. The Morgan fingerprint density at radius 2 is 1.50 bits per heavy atom. The third-order valence-corrected chi connectivity index (χ3v) is 6.77. The van der Waals surface area contributed by atoms with Crippen molar-refractivity contribution in [3.05, 3.63) is 99.1 Å². The Morgan fingerprint density at radius 3 is 2.00 bits per heavy atom. The summed E-state index contributed by atoms with van der Waals surface area (Å²) >= 11 is 0. The minimum Gasteiger partial charge on any atom is -0.480 e. The number of alkyl halides is 3. The van der Waals surface area contributed by atoms with Gasteiger partial charge < -0.3 is 20.3 Å². The van der Waals surface area contributed by atoms with Gasteiger partial charge in [-0.25, -0.2) is 13.2 Å². The second-order valence-electron chi connectivity index (χ2n) is 9.93. The van der Waals surface area contributed by atoms with Gasteiger partial charge in [-0.05, 0) is 61.7 Å². The lowest BCUT2D eigenvalue weighted by Crippen LogP contribution is -2.35. The fourth-order valence-electron chi connectivity index (χ4n) is 4.47. The number of aliphatic carboxylic acids is 1. The van der Waals surface area contributed by atoms with E-state index in [1.165, 1.54) is 19.1 Å². The van der Waals surface area contributed by atoms with E-state index in [4.69, 9.17) is 5.11 Å². The Kier molecular flexibility index (Phi) is 13.0. The topological polar surface area (TPSA) is 100 Å². The highest BCUT2D eigenvalue weighted by Crippen LogP contribution is 2.28. The highest BCUT2D eigenvalue weighted by molar-refractivity contribution is 5.96. The first kappa shape index (κ1) is 37.4. The van der Waals surface area contributed by atoms with Gasteiger partial charge in [0.05, 0.1) is 11.1 Å².